The summed E-state index contributed by atoms with van der Waals surface area (Å²) in [6.45, 7) is 0. The van der Waals surface area contributed by atoms with Crippen LogP contribution in [0.25, 0.3) is 0 Å². The van der Waals surface area contributed by atoms with E-state index in [0.717, 1.165) is 0 Å². The van der Waals surface area contributed by atoms with Gasteiger partial charge in [0.15, 0.2) is 0 Å². The predicted octanol–water partition coefficient (Wildman–Crippen LogP) is -4.33. The van der Waals surface area contributed by atoms with Crippen LogP contribution in [-0.4, -0.2) is 0 Å². The van der Waals surface area contributed by atoms with Gasteiger partial charge >= 0.3 is 21.7 Å². The molecule has 0 N–H and O–H groups in total. The first kappa shape index (κ1) is 23.4. The molecule has 1 saturated carbocycles. The summed E-state index contributed by atoms with van der Waals surface area (Å²) in [6, 6.07) is 20.0. The van der Waals surface area contributed by atoms with E-state index < -0.39 is 0 Å². The molecule has 112 valence electrons. The summed E-state index contributed by atoms with van der Waals surface area (Å²) in [6.07, 6.45) is 6.73. The molecule has 0 saturated heterocycles. The summed E-state index contributed by atoms with van der Waals surface area (Å²) < 4.78 is 0. The summed E-state index contributed by atoms with van der Waals surface area (Å²) in [5, 5.41) is 0. The Labute approximate surface area is 161 Å². The Balaban J connectivity index is 0. The Bertz CT molecular complexity index is 462. The fourth-order valence-electron chi connectivity index (χ4n) is 3.35. The van der Waals surface area contributed by atoms with E-state index in [-0.39, 0.29) is 58.9 Å². The zero-order valence-corrected chi connectivity index (χ0v) is 15.7. The number of halogens is 3. The minimum Gasteiger partial charge on any atom is -1.00 e. The molecule has 0 amide bonds. The number of benzene rings is 1. The van der Waals surface area contributed by atoms with Crippen LogP contribution in [0.2, 0.25) is 0 Å². The molecule has 0 heterocycles. The Hall–Kier alpha value is 0.154. The van der Waals surface area contributed by atoms with E-state index >= 15 is 0 Å². The zero-order chi connectivity index (χ0) is 11.6. The van der Waals surface area contributed by atoms with Crippen LogP contribution in [0.15, 0.2) is 54.6 Å². The standard InChI is InChI=1S/C17H19.3ClH.Ti/c1-3-9-15(10-4-1)17(13-7-2-8-14-17)16-11-5-6-12-16;;;;/h1,3-6,9-12H,2,7-8,13-14H2;3*1H;/q-1;;;;+4/p-3. The molecule has 2 aromatic rings. The predicted molar refractivity (Wildman–Crippen MR) is 72.3 cm³/mol. The van der Waals surface area contributed by atoms with Crippen LogP contribution in [0.1, 0.15) is 43.2 Å². The van der Waals surface area contributed by atoms with Gasteiger partial charge < -0.3 is 37.2 Å². The van der Waals surface area contributed by atoms with Crippen LogP contribution in [0.5, 0.6) is 0 Å². The Morgan fingerprint density at radius 3 is 1.76 bits per heavy atom. The van der Waals surface area contributed by atoms with Crippen molar-refractivity contribution in [3.05, 3.63) is 65.7 Å². The van der Waals surface area contributed by atoms with Crippen molar-refractivity contribution < 1.29 is 58.9 Å². The van der Waals surface area contributed by atoms with Gasteiger partial charge in [-0.1, -0.05) is 62.4 Å². The van der Waals surface area contributed by atoms with Crippen molar-refractivity contribution >= 4 is 0 Å². The number of hydrogen-bond donors (Lipinski definition) is 0. The van der Waals surface area contributed by atoms with Crippen LogP contribution >= 0.6 is 0 Å². The molecule has 0 aliphatic heterocycles. The number of rotatable bonds is 2. The fourth-order valence-corrected chi connectivity index (χ4v) is 3.35. The monoisotopic (exact) mass is 376 g/mol. The van der Waals surface area contributed by atoms with Crippen molar-refractivity contribution in [3.8, 4) is 0 Å². The molecule has 0 unspecified atom stereocenters. The first-order valence-corrected chi connectivity index (χ1v) is 6.70. The molecule has 1 aliphatic rings. The summed E-state index contributed by atoms with van der Waals surface area (Å²) in [5.41, 5.74) is 3.32. The van der Waals surface area contributed by atoms with E-state index in [9.17, 15) is 0 Å². The molecule has 1 fully saturated rings. The van der Waals surface area contributed by atoms with Gasteiger partial charge in [0.05, 0.1) is 0 Å². The molecule has 0 atom stereocenters. The van der Waals surface area contributed by atoms with Crippen LogP contribution < -0.4 is 37.2 Å². The van der Waals surface area contributed by atoms with Gasteiger partial charge in [-0.2, -0.15) is 12.1 Å². The third kappa shape index (κ3) is 4.81. The molecule has 0 spiro atoms. The van der Waals surface area contributed by atoms with Crippen molar-refractivity contribution in [1.82, 2.24) is 0 Å². The molecule has 0 bridgehead atoms. The summed E-state index contributed by atoms with van der Waals surface area (Å²) in [4.78, 5) is 0. The Morgan fingerprint density at radius 2 is 1.24 bits per heavy atom. The van der Waals surface area contributed by atoms with Crippen molar-refractivity contribution in [3.63, 3.8) is 0 Å². The molecule has 0 nitrogen and oxygen atoms in total. The van der Waals surface area contributed by atoms with Gasteiger partial charge in [-0.15, -0.1) is 5.56 Å². The average molecular weight is 378 g/mol. The Morgan fingerprint density at radius 1 is 0.714 bits per heavy atom. The van der Waals surface area contributed by atoms with E-state index in [1.807, 2.05) is 0 Å². The summed E-state index contributed by atoms with van der Waals surface area (Å²) >= 11 is 0. The molecule has 2 aromatic carbocycles. The zero-order valence-electron chi connectivity index (χ0n) is 11.9. The van der Waals surface area contributed by atoms with Gasteiger partial charge in [0.2, 0.25) is 0 Å². The minimum atomic E-state index is 0. The topological polar surface area (TPSA) is 0 Å². The maximum atomic E-state index is 2.30. The summed E-state index contributed by atoms with van der Waals surface area (Å²) in [5.74, 6) is 0. The van der Waals surface area contributed by atoms with Gasteiger partial charge in [0, 0.05) is 0 Å². The average Bonchev–Trinajstić information content (AvgIpc) is 2.95. The third-order valence-corrected chi connectivity index (χ3v) is 4.25. The number of hydrogen-bond acceptors (Lipinski definition) is 0. The van der Waals surface area contributed by atoms with Crippen molar-refractivity contribution in [2.24, 2.45) is 0 Å². The maximum Gasteiger partial charge on any atom is 4.00 e. The molecule has 0 radical (unpaired) electrons. The molecule has 3 rings (SSSR count). The second-order valence-corrected chi connectivity index (χ2v) is 5.18. The van der Waals surface area contributed by atoms with Gasteiger partial charge in [0.1, 0.15) is 0 Å². The fraction of sp³-hybridized carbons (Fsp3) is 0.353. The van der Waals surface area contributed by atoms with Crippen LogP contribution in [0.3, 0.4) is 0 Å². The molecule has 1 aliphatic carbocycles. The molecular formula is C17H19Cl3Ti. The molecule has 21 heavy (non-hydrogen) atoms. The van der Waals surface area contributed by atoms with Gasteiger partial charge in [-0.3, -0.25) is 0 Å². The third-order valence-electron chi connectivity index (χ3n) is 4.25. The van der Waals surface area contributed by atoms with Crippen LogP contribution in [0, 0.1) is 0 Å². The van der Waals surface area contributed by atoms with Crippen LogP contribution in [-0.2, 0) is 27.1 Å². The Kier molecular flexibility index (Phi) is 12.1. The van der Waals surface area contributed by atoms with Gasteiger partial charge in [-0.25, -0.2) is 12.1 Å². The van der Waals surface area contributed by atoms with E-state index in [4.69, 9.17) is 0 Å². The van der Waals surface area contributed by atoms with E-state index in [2.05, 4.69) is 54.6 Å². The first-order chi connectivity index (χ1) is 8.42. The summed E-state index contributed by atoms with van der Waals surface area (Å²) in [7, 11) is 0. The van der Waals surface area contributed by atoms with Crippen LogP contribution in [0.4, 0.5) is 0 Å². The molecular weight excluding hydrogens is 358 g/mol. The van der Waals surface area contributed by atoms with Gasteiger partial charge in [0.25, 0.3) is 0 Å². The maximum absolute atomic E-state index is 2.30. The second-order valence-electron chi connectivity index (χ2n) is 5.18. The van der Waals surface area contributed by atoms with E-state index in [0.29, 0.717) is 5.41 Å². The second kappa shape index (κ2) is 10.8. The van der Waals surface area contributed by atoms with Crippen molar-refractivity contribution in [2.75, 3.05) is 0 Å². The molecule has 4 heteroatoms. The van der Waals surface area contributed by atoms with Crippen molar-refractivity contribution in [2.45, 2.75) is 37.5 Å². The normalized spacial score (nSPS) is 15.4. The molecule has 0 aromatic heterocycles. The first-order valence-electron chi connectivity index (χ1n) is 6.70. The smallest absolute Gasteiger partial charge is 1.00 e. The minimum absolute atomic E-state index is 0. The largest absolute Gasteiger partial charge is 4.00 e. The van der Waals surface area contributed by atoms with E-state index in [1.54, 1.807) is 0 Å². The van der Waals surface area contributed by atoms with Crippen molar-refractivity contribution in [1.29, 1.82) is 0 Å². The SMILES string of the molecule is [Cl-].[Cl-].[Cl-].[Ti+4].c1ccc(C2([c-]3cccc3)CCCCC2)cc1. The van der Waals surface area contributed by atoms with Gasteiger partial charge in [-0.05, 0) is 11.0 Å². The quantitative estimate of drug-likeness (QED) is 0.367. The van der Waals surface area contributed by atoms with E-state index in [1.165, 1.54) is 43.2 Å².